The van der Waals surface area contributed by atoms with Gasteiger partial charge >= 0.3 is 0 Å². The average molecular weight is 196 g/mol. The van der Waals surface area contributed by atoms with E-state index in [1.165, 1.54) is 0 Å². The summed E-state index contributed by atoms with van der Waals surface area (Å²) < 4.78 is 49.8. The van der Waals surface area contributed by atoms with E-state index in [1.54, 1.807) is 0 Å². The summed E-state index contributed by atoms with van der Waals surface area (Å²) in [6.07, 6.45) is 0.0416. The van der Waals surface area contributed by atoms with Gasteiger partial charge in [0.25, 0.3) is 0 Å². The highest BCUT2D eigenvalue weighted by Crippen LogP contribution is 2.20. The molecule has 12 heavy (non-hydrogen) atoms. The van der Waals surface area contributed by atoms with Gasteiger partial charge in [-0.3, -0.25) is 0 Å². The first-order valence-corrected chi connectivity index (χ1v) is 3.91. The summed E-state index contributed by atoms with van der Waals surface area (Å²) in [5.74, 6) is -6.22. The Morgan fingerprint density at radius 1 is 1.00 bits per heavy atom. The second-order valence-electron chi connectivity index (χ2n) is 2.16. The molecule has 0 aromatic heterocycles. The molecule has 0 fully saturated rings. The second-order valence-corrected chi connectivity index (χ2v) is 2.57. The van der Waals surface area contributed by atoms with Gasteiger partial charge in [0.05, 0.1) is 0 Å². The van der Waals surface area contributed by atoms with Crippen molar-refractivity contribution in [3.05, 3.63) is 34.9 Å². The van der Waals surface area contributed by atoms with Crippen LogP contribution in [0.4, 0.5) is 17.6 Å². The van der Waals surface area contributed by atoms with E-state index < -0.39 is 23.3 Å². The topological polar surface area (TPSA) is 0 Å². The zero-order chi connectivity index (χ0) is 9.30. The van der Waals surface area contributed by atoms with Crippen LogP contribution in [0.2, 0.25) is 0 Å². The summed E-state index contributed by atoms with van der Waals surface area (Å²) in [4.78, 5) is 0. The molecule has 1 rings (SSSR count). The Hall–Kier alpha value is -0.630. The van der Waals surface area contributed by atoms with Crippen molar-refractivity contribution in [2.75, 3.05) is 0 Å². The molecule has 0 radical (unpaired) electrons. The van der Waals surface area contributed by atoms with Crippen LogP contribution in [0.15, 0.2) is 6.07 Å². The monoisotopic (exact) mass is 196 g/mol. The van der Waals surface area contributed by atoms with Crippen LogP contribution < -0.4 is 0 Å². The summed E-state index contributed by atoms with van der Waals surface area (Å²) in [6, 6.07) is 0.640. The Kier molecular flexibility index (Phi) is 2.68. The summed E-state index contributed by atoms with van der Waals surface area (Å²) in [5, 5.41) is 0. The zero-order valence-electron chi connectivity index (χ0n) is 5.87. The van der Waals surface area contributed by atoms with Gasteiger partial charge < -0.3 is 0 Å². The van der Waals surface area contributed by atoms with Crippen molar-refractivity contribution in [2.24, 2.45) is 0 Å². The van der Waals surface area contributed by atoms with E-state index in [0.717, 1.165) is 0 Å². The van der Waals surface area contributed by atoms with Crippen LogP contribution in [0.3, 0.4) is 0 Å². The summed E-state index contributed by atoms with van der Waals surface area (Å²) in [6.45, 7) is 0. The third kappa shape index (κ3) is 1.44. The largest absolute Gasteiger partial charge is 0.204 e. The van der Waals surface area contributed by atoms with Gasteiger partial charge in [-0.15, -0.1) is 9.24 Å². The zero-order valence-corrected chi connectivity index (χ0v) is 7.03. The molecular weight excluding hydrogens is 191 g/mol. The molecule has 0 aliphatic rings. The van der Waals surface area contributed by atoms with Crippen molar-refractivity contribution in [3.63, 3.8) is 0 Å². The molecule has 0 N–H and O–H groups in total. The Morgan fingerprint density at radius 3 is 2.08 bits per heavy atom. The van der Waals surface area contributed by atoms with Crippen molar-refractivity contribution < 1.29 is 17.6 Å². The molecule has 1 aromatic carbocycles. The number of benzene rings is 1. The molecule has 5 heteroatoms. The molecule has 66 valence electrons. The Labute approximate surface area is 68.8 Å². The maximum absolute atomic E-state index is 12.6. The molecule has 0 spiro atoms. The number of hydrogen-bond acceptors (Lipinski definition) is 0. The van der Waals surface area contributed by atoms with Crippen LogP contribution in [0.1, 0.15) is 5.56 Å². The fraction of sp³-hybridized carbons (Fsp3) is 0.143. The first-order chi connectivity index (χ1) is 5.57. The lowest BCUT2D eigenvalue weighted by molar-refractivity contribution is 0.405. The highest BCUT2D eigenvalue weighted by Gasteiger charge is 2.17. The molecule has 0 saturated carbocycles. The van der Waals surface area contributed by atoms with Gasteiger partial charge in [0, 0.05) is 0 Å². The highest BCUT2D eigenvalue weighted by atomic mass is 31.0. The van der Waals surface area contributed by atoms with E-state index in [-0.39, 0.29) is 11.7 Å². The van der Waals surface area contributed by atoms with Crippen molar-refractivity contribution in [1.29, 1.82) is 0 Å². The third-order valence-corrected chi connectivity index (χ3v) is 1.84. The van der Waals surface area contributed by atoms with Crippen molar-refractivity contribution in [3.8, 4) is 0 Å². The standard InChI is InChI=1S/C7H5F4P/c8-4-1-3(2-12)5(9)7(11)6(4)10/h1H,2,12H2. The minimum absolute atomic E-state index is 0.0416. The summed E-state index contributed by atoms with van der Waals surface area (Å²) in [7, 11) is 2.09. The Balaban J connectivity index is 3.39. The summed E-state index contributed by atoms with van der Waals surface area (Å²) in [5.41, 5.74) is -0.198. The van der Waals surface area contributed by atoms with Crippen molar-refractivity contribution in [1.82, 2.24) is 0 Å². The molecule has 0 saturated heterocycles. The molecule has 0 bridgehead atoms. The van der Waals surface area contributed by atoms with Crippen LogP contribution >= 0.6 is 9.24 Å². The van der Waals surface area contributed by atoms with Gasteiger partial charge in [-0.25, -0.2) is 17.6 Å². The first-order valence-electron chi connectivity index (χ1n) is 3.10. The van der Waals surface area contributed by atoms with Crippen LogP contribution in [-0.4, -0.2) is 0 Å². The van der Waals surface area contributed by atoms with Gasteiger partial charge in [0.15, 0.2) is 23.3 Å². The van der Waals surface area contributed by atoms with E-state index in [1.807, 2.05) is 0 Å². The number of rotatable bonds is 1. The van der Waals surface area contributed by atoms with Crippen LogP contribution in [-0.2, 0) is 6.16 Å². The van der Waals surface area contributed by atoms with E-state index >= 15 is 0 Å². The number of halogens is 4. The molecular formula is C7H5F4P. The summed E-state index contributed by atoms with van der Waals surface area (Å²) >= 11 is 0. The Bertz CT molecular complexity index is 311. The SMILES string of the molecule is Fc1cc(CP)c(F)c(F)c1F. The lowest BCUT2D eigenvalue weighted by Crippen LogP contribution is -1.99. The van der Waals surface area contributed by atoms with Crippen LogP contribution in [0.5, 0.6) is 0 Å². The van der Waals surface area contributed by atoms with Crippen molar-refractivity contribution in [2.45, 2.75) is 6.16 Å². The Morgan fingerprint density at radius 2 is 1.58 bits per heavy atom. The molecule has 0 aliphatic heterocycles. The maximum atomic E-state index is 12.6. The molecule has 1 atom stereocenters. The van der Waals surface area contributed by atoms with Gasteiger partial charge in [0.1, 0.15) is 0 Å². The normalized spacial score (nSPS) is 10.4. The van der Waals surface area contributed by atoms with Crippen LogP contribution in [0.25, 0.3) is 0 Å². The highest BCUT2D eigenvalue weighted by molar-refractivity contribution is 7.15. The number of hydrogen-bond donors (Lipinski definition) is 0. The molecule has 1 unspecified atom stereocenters. The van der Waals surface area contributed by atoms with E-state index in [4.69, 9.17) is 0 Å². The smallest absolute Gasteiger partial charge is 0.197 e. The van der Waals surface area contributed by atoms with Crippen LogP contribution in [0, 0.1) is 23.3 Å². The van der Waals surface area contributed by atoms with Gasteiger partial charge in [-0.05, 0) is 17.8 Å². The van der Waals surface area contributed by atoms with E-state index in [2.05, 4.69) is 9.24 Å². The minimum Gasteiger partial charge on any atom is -0.204 e. The molecule has 1 aromatic rings. The molecule has 0 nitrogen and oxygen atoms in total. The second kappa shape index (κ2) is 3.40. The lowest BCUT2D eigenvalue weighted by Gasteiger charge is -2.01. The molecule has 0 amide bonds. The lowest BCUT2D eigenvalue weighted by atomic mass is 10.2. The van der Waals surface area contributed by atoms with E-state index in [9.17, 15) is 17.6 Å². The fourth-order valence-corrected chi connectivity index (χ4v) is 1.07. The third-order valence-electron chi connectivity index (χ3n) is 1.40. The molecule has 0 heterocycles. The average Bonchev–Trinajstić information content (AvgIpc) is 2.08. The minimum atomic E-state index is -1.77. The fourth-order valence-electron chi connectivity index (χ4n) is 0.770. The van der Waals surface area contributed by atoms with Gasteiger partial charge in [0.2, 0.25) is 0 Å². The predicted molar refractivity (Wildman–Crippen MR) is 39.7 cm³/mol. The van der Waals surface area contributed by atoms with Gasteiger partial charge in [-0.1, -0.05) is 0 Å². The maximum Gasteiger partial charge on any atom is 0.197 e. The quantitative estimate of drug-likeness (QED) is 0.280. The predicted octanol–water partition coefficient (Wildman–Crippen LogP) is 2.62. The molecule has 0 aliphatic carbocycles. The van der Waals surface area contributed by atoms with E-state index in [0.29, 0.717) is 6.07 Å². The van der Waals surface area contributed by atoms with Crippen molar-refractivity contribution >= 4 is 9.24 Å². The van der Waals surface area contributed by atoms with Gasteiger partial charge in [-0.2, -0.15) is 0 Å². The first kappa shape index (κ1) is 9.46.